The van der Waals surface area contributed by atoms with E-state index in [1.807, 2.05) is 23.0 Å². The summed E-state index contributed by atoms with van der Waals surface area (Å²) < 4.78 is 30.6. The molecule has 8 heteroatoms. The van der Waals surface area contributed by atoms with Gasteiger partial charge in [-0.25, -0.2) is 23.4 Å². The minimum atomic E-state index is -0.354. The molecule has 0 bridgehead atoms. The smallest absolute Gasteiger partial charge is 0.163 e. The van der Waals surface area contributed by atoms with Crippen molar-refractivity contribution in [3.8, 4) is 28.5 Å². The number of pyridine rings is 1. The second kappa shape index (κ2) is 6.90. The minimum Gasteiger partial charge on any atom is -0.346 e. The molecule has 0 spiro atoms. The Bertz CT molecular complexity index is 1260. The average molecular weight is 388 g/mol. The van der Waals surface area contributed by atoms with Gasteiger partial charge in [-0.05, 0) is 42.5 Å². The molecule has 0 saturated heterocycles. The van der Waals surface area contributed by atoms with Crippen molar-refractivity contribution >= 4 is 0 Å². The molecule has 142 valence electrons. The fourth-order valence-electron chi connectivity index (χ4n) is 3.09. The quantitative estimate of drug-likeness (QED) is 0.468. The molecule has 0 radical (unpaired) electrons. The van der Waals surface area contributed by atoms with E-state index in [1.165, 1.54) is 18.2 Å². The van der Waals surface area contributed by atoms with Crippen LogP contribution in [0.1, 0.15) is 5.69 Å². The Labute approximate surface area is 164 Å². The molecule has 3 heterocycles. The van der Waals surface area contributed by atoms with Gasteiger partial charge in [-0.1, -0.05) is 17.3 Å². The summed E-state index contributed by atoms with van der Waals surface area (Å²) in [6.45, 7) is 0.471. The average Bonchev–Trinajstić information content (AvgIpc) is 3.35. The van der Waals surface area contributed by atoms with Crippen LogP contribution in [0.2, 0.25) is 0 Å². The first-order valence-corrected chi connectivity index (χ1v) is 8.91. The maximum atomic E-state index is 14.0. The molecule has 5 rings (SSSR count). The molecule has 6 nitrogen and oxygen atoms in total. The number of hydrogen-bond donors (Lipinski definition) is 0. The first-order chi connectivity index (χ1) is 14.2. The third-order valence-corrected chi connectivity index (χ3v) is 4.52. The van der Waals surface area contributed by atoms with Gasteiger partial charge in [-0.3, -0.25) is 0 Å². The van der Waals surface area contributed by atoms with Crippen LogP contribution < -0.4 is 0 Å². The van der Waals surface area contributed by atoms with Crippen LogP contribution >= 0.6 is 0 Å². The Morgan fingerprint density at radius 1 is 0.828 bits per heavy atom. The van der Waals surface area contributed by atoms with Gasteiger partial charge in [0, 0.05) is 12.4 Å². The molecule has 0 fully saturated rings. The van der Waals surface area contributed by atoms with E-state index in [0.29, 0.717) is 29.3 Å². The molecule has 0 atom stereocenters. The summed E-state index contributed by atoms with van der Waals surface area (Å²) in [5, 5.41) is 8.26. The molecule has 0 saturated carbocycles. The molecule has 0 N–H and O–H groups in total. The van der Waals surface area contributed by atoms with Gasteiger partial charge in [0.15, 0.2) is 5.82 Å². The van der Waals surface area contributed by atoms with Gasteiger partial charge >= 0.3 is 0 Å². The predicted molar refractivity (Wildman–Crippen MR) is 102 cm³/mol. The summed E-state index contributed by atoms with van der Waals surface area (Å²) in [6.07, 6.45) is 5.48. The summed E-state index contributed by atoms with van der Waals surface area (Å²) in [5.74, 6) is -0.297. The number of halogens is 2. The minimum absolute atomic E-state index is 0.302. The van der Waals surface area contributed by atoms with Crippen molar-refractivity contribution < 1.29 is 8.78 Å². The van der Waals surface area contributed by atoms with Gasteiger partial charge in [-0.15, -0.1) is 5.10 Å². The normalized spacial score (nSPS) is 11.2. The number of aromatic nitrogens is 6. The Kier molecular flexibility index (Phi) is 4.09. The summed E-state index contributed by atoms with van der Waals surface area (Å²) in [6, 6.07) is 14.3. The molecule has 0 aliphatic carbocycles. The largest absolute Gasteiger partial charge is 0.346 e. The number of imidazole rings is 1. The van der Waals surface area contributed by atoms with Crippen LogP contribution in [-0.4, -0.2) is 29.5 Å². The Morgan fingerprint density at radius 2 is 1.62 bits per heavy atom. The van der Waals surface area contributed by atoms with E-state index in [2.05, 4.69) is 20.3 Å². The van der Waals surface area contributed by atoms with Crippen molar-refractivity contribution in [2.75, 3.05) is 0 Å². The zero-order valence-corrected chi connectivity index (χ0v) is 15.1. The number of nitrogens with zero attached hydrogens (tertiary/aromatic N) is 6. The highest BCUT2D eigenvalue weighted by atomic mass is 19.1. The van der Waals surface area contributed by atoms with Crippen molar-refractivity contribution in [2.24, 2.45) is 0 Å². The highest BCUT2D eigenvalue weighted by Crippen LogP contribution is 2.26. The van der Waals surface area contributed by atoms with E-state index in [9.17, 15) is 8.78 Å². The van der Waals surface area contributed by atoms with Crippen LogP contribution in [0, 0.1) is 11.6 Å². The van der Waals surface area contributed by atoms with Crippen molar-refractivity contribution in [3.05, 3.63) is 90.5 Å². The van der Waals surface area contributed by atoms with Crippen molar-refractivity contribution in [1.82, 2.24) is 29.5 Å². The monoisotopic (exact) mass is 388 g/mol. The van der Waals surface area contributed by atoms with Crippen LogP contribution in [0.15, 0.2) is 73.2 Å². The first kappa shape index (κ1) is 17.2. The second-order valence-electron chi connectivity index (χ2n) is 6.55. The Morgan fingerprint density at radius 3 is 2.45 bits per heavy atom. The molecule has 2 aliphatic rings. The van der Waals surface area contributed by atoms with Crippen LogP contribution in [-0.2, 0) is 6.54 Å². The standard InChI is InChI=1S/C21H14F2N6/c22-14-5-7-16(8-6-14)29-12-15(26-27-29)11-28-10-9-19-20(13-28)25-21(24-19)17-3-1-2-4-18(17)23/h1-10,12-13H,11H2. The summed E-state index contributed by atoms with van der Waals surface area (Å²) in [7, 11) is 0. The van der Waals surface area contributed by atoms with Crippen molar-refractivity contribution in [1.29, 1.82) is 0 Å². The van der Waals surface area contributed by atoms with Gasteiger partial charge in [0.2, 0.25) is 0 Å². The molecule has 3 aromatic rings. The van der Waals surface area contributed by atoms with Gasteiger partial charge in [0.1, 0.15) is 23.0 Å². The lowest BCUT2D eigenvalue weighted by Gasteiger charge is -2.05. The maximum Gasteiger partial charge on any atom is 0.163 e. The fourth-order valence-corrected chi connectivity index (χ4v) is 3.09. The lowest BCUT2D eigenvalue weighted by molar-refractivity contribution is 0.626. The van der Waals surface area contributed by atoms with Gasteiger partial charge in [-0.2, -0.15) is 0 Å². The van der Waals surface area contributed by atoms with Gasteiger partial charge in [0.25, 0.3) is 0 Å². The zero-order chi connectivity index (χ0) is 19.8. The number of hydrogen-bond acceptors (Lipinski definition) is 4. The first-order valence-electron chi connectivity index (χ1n) is 8.91. The van der Waals surface area contributed by atoms with Crippen molar-refractivity contribution in [2.45, 2.75) is 6.54 Å². The Hall–Kier alpha value is -3.94. The van der Waals surface area contributed by atoms with Crippen LogP contribution in [0.25, 0.3) is 28.5 Å². The topological polar surface area (TPSA) is 61.4 Å². The third-order valence-electron chi connectivity index (χ3n) is 4.52. The van der Waals surface area contributed by atoms with E-state index in [-0.39, 0.29) is 11.6 Å². The zero-order valence-electron chi connectivity index (χ0n) is 15.1. The van der Waals surface area contributed by atoms with Gasteiger partial charge < -0.3 is 4.57 Å². The summed E-state index contributed by atoms with van der Waals surface area (Å²) >= 11 is 0. The lowest BCUT2D eigenvalue weighted by atomic mass is 10.2. The Balaban J connectivity index is 1.41. The van der Waals surface area contributed by atoms with Crippen molar-refractivity contribution in [3.63, 3.8) is 0 Å². The van der Waals surface area contributed by atoms with E-state index in [0.717, 1.165) is 11.4 Å². The van der Waals surface area contributed by atoms with E-state index in [4.69, 9.17) is 0 Å². The van der Waals surface area contributed by atoms with Crippen LogP contribution in [0.5, 0.6) is 0 Å². The molecular formula is C21H14F2N6. The predicted octanol–water partition coefficient (Wildman–Crippen LogP) is 3.96. The number of rotatable bonds is 4. The number of fused-ring (bicyclic) bond motifs is 1. The molecule has 0 unspecified atom stereocenters. The summed E-state index contributed by atoms with van der Waals surface area (Å²) in [4.78, 5) is 8.87. The van der Waals surface area contributed by atoms with E-state index < -0.39 is 0 Å². The third kappa shape index (κ3) is 3.36. The van der Waals surface area contributed by atoms with E-state index >= 15 is 0 Å². The van der Waals surface area contributed by atoms with Crippen LogP contribution in [0.3, 0.4) is 0 Å². The van der Waals surface area contributed by atoms with E-state index in [1.54, 1.807) is 41.2 Å². The number of benzene rings is 2. The lowest BCUT2D eigenvalue weighted by Crippen LogP contribution is -2.01. The SMILES string of the molecule is Fc1ccc(-n2cc(Cn3ccc4nc(-c5ccccc5F)nc-4c3)nn2)cc1. The highest BCUT2D eigenvalue weighted by molar-refractivity contribution is 5.65. The van der Waals surface area contributed by atoms with Gasteiger partial charge in [0.05, 0.1) is 29.7 Å². The highest BCUT2D eigenvalue weighted by Gasteiger charge is 2.15. The second-order valence-corrected chi connectivity index (χ2v) is 6.55. The maximum absolute atomic E-state index is 14.0. The van der Waals surface area contributed by atoms with Crippen LogP contribution in [0.4, 0.5) is 8.78 Å². The molecule has 2 aliphatic heterocycles. The molecule has 2 aromatic carbocycles. The molecule has 0 amide bonds. The fraction of sp³-hybridized carbons (Fsp3) is 0.0476. The summed E-state index contributed by atoms with van der Waals surface area (Å²) in [5.41, 5.74) is 3.18. The molecule has 29 heavy (non-hydrogen) atoms. The molecular weight excluding hydrogens is 374 g/mol. The molecule has 1 aromatic heterocycles.